The highest BCUT2D eigenvalue weighted by Crippen LogP contribution is 2.32. The maximum Gasteiger partial charge on any atom is 0.416 e. The van der Waals surface area contributed by atoms with Crippen LogP contribution in [0.1, 0.15) is 5.56 Å². The highest BCUT2D eigenvalue weighted by Gasteiger charge is 2.30. The van der Waals surface area contributed by atoms with Crippen LogP contribution in [0.2, 0.25) is 0 Å². The first-order valence-electron chi connectivity index (χ1n) is 4.78. The molecule has 0 saturated carbocycles. The van der Waals surface area contributed by atoms with E-state index in [-0.39, 0.29) is 11.6 Å². The molecule has 0 bridgehead atoms. The molecule has 7 heteroatoms. The van der Waals surface area contributed by atoms with Gasteiger partial charge >= 0.3 is 6.18 Å². The van der Waals surface area contributed by atoms with Crippen molar-refractivity contribution < 1.29 is 22.3 Å². The van der Waals surface area contributed by atoms with Crippen molar-refractivity contribution in [3.8, 4) is 11.6 Å². The summed E-state index contributed by atoms with van der Waals surface area (Å²) in [5.74, 6) is -1.07. The molecule has 0 radical (unpaired) electrons. The second-order valence-electron chi connectivity index (χ2n) is 3.31. The maximum atomic E-state index is 12.7. The molecule has 0 aliphatic carbocycles. The van der Waals surface area contributed by atoms with E-state index in [1.165, 1.54) is 12.1 Å². The van der Waals surface area contributed by atoms with Gasteiger partial charge in [-0.15, -0.1) is 0 Å². The number of aromatic nitrogens is 2. The fourth-order valence-corrected chi connectivity index (χ4v) is 1.23. The number of hydrogen-bond donors (Lipinski definition) is 0. The van der Waals surface area contributed by atoms with Gasteiger partial charge in [0.15, 0.2) is 0 Å². The van der Waals surface area contributed by atoms with E-state index in [1.54, 1.807) is 0 Å². The first-order valence-corrected chi connectivity index (χ1v) is 4.78. The largest absolute Gasteiger partial charge is 0.439 e. The van der Waals surface area contributed by atoms with Gasteiger partial charge in [0.25, 0.3) is 0 Å². The summed E-state index contributed by atoms with van der Waals surface area (Å²) in [5, 5.41) is 0. The summed E-state index contributed by atoms with van der Waals surface area (Å²) in [7, 11) is 0. The number of hydrogen-bond acceptors (Lipinski definition) is 3. The molecule has 2 aromatic rings. The van der Waals surface area contributed by atoms with Crippen LogP contribution in [0.5, 0.6) is 11.6 Å². The second-order valence-corrected chi connectivity index (χ2v) is 3.31. The second kappa shape index (κ2) is 4.59. The molecular formula is C11H6F4N2O. The third kappa shape index (κ3) is 2.93. The number of halogens is 4. The Morgan fingerprint density at radius 2 is 1.83 bits per heavy atom. The van der Waals surface area contributed by atoms with E-state index < -0.39 is 17.7 Å². The van der Waals surface area contributed by atoms with Crippen LogP contribution in [-0.4, -0.2) is 9.97 Å². The summed E-state index contributed by atoms with van der Waals surface area (Å²) >= 11 is 0. The van der Waals surface area contributed by atoms with Crippen LogP contribution in [0.4, 0.5) is 17.6 Å². The Hall–Kier alpha value is -2.18. The normalized spacial score (nSPS) is 11.3. The lowest BCUT2D eigenvalue weighted by atomic mass is 10.2. The van der Waals surface area contributed by atoms with Gasteiger partial charge < -0.3 is 4.74 Å². The molecule has 2 rings (SSSR count). The van der Waals surface area contributed by atoms with Gasteiger partial charge in [0, 0.05) is 0 Å². The lowest BCUT2D eigenvalue weighted by Crippen LogP contribution is -2.04. The molecule has 0 spiro atoms. The molecule has 1 heterocycles. The van der Waals surface area contributed by atoms with Crippen molar-refractivity contribution in [3.63, 3.8) is 0 Å². The minimum absolute atomic E-state index is 0.0806. The lowest BCUT2D eigenvalue weighted by molar-refractivity contribution is -0.137. The van der Waals surface area contributed by atoms with E-state index in [0.29, 0.717) is 0 Å². The monoisotopic (exact) mass is 258 g/mol. The molecule has 0 unspecified atom stereocenters. The summed E-state index contributed by atoms with van der Waals surface area (Å²) in [4.78, 5) is 6.77. The van der Waals surface area contributed by atoms with Crippen molar-refractivity contribution in [1.29, 1.82) is 0 Å². The van der Waals surface area contributed by atoms with Crippen LogP contribution in [0, 0.1) is 5.95 Å². The molecule has 0 amide bonds. The maximum absolute atomic E-state index is 12.7. The zero-order chi connectivity index (χ0) is 13.2. The third-order valence-corrected chi connectivity index (χ3v) is 1.99. The summed E-state index contributed by atoms with van der Waals surface area (Å²) < 4.78 is 55.0. The minimum atomic E-state index is -4.46. The SMILES string of the molecule is Fc1cc(Oc2cccc(C(F)(F)F)c2)ncn1. The summed E-state index contributed by atoms with van der Waals surface area (Å²) in [6.45, 7) is 0. The predicted octanol–water partition coefficient (Wildman–Crippen LogP) is 3.43. The fourth-order valence-electron chi connectivity index (χ4n) is 1.23. The molecule has 0 aliphatic heterocycles. The molecule has 0 N–H and O–H groups in total. The van der Waals surface area contributed by atoms with E-state index in [4.69, 9.17) is 4.74 Å². The molecule has 1 aromatic heterocycles. The Morgan fingerprint density at radius 3 is 2.50 bits per heavy atom. The van der Waals surface area contributed by atoms with Crippen molar-refractivity contribution in [1.82, 2.24) is 9.97 Å². The molecule has 0 fully saturated rings. The highest BCUT2D eigenvalue weighted by atomic mass is 19.4. The number of benzene rings is 1. The van der Waals surface area contributed by atoms with Gasteiger partial charge in [0.2, 0.25) is 11.8 Å². The van der Waals surface area contributed by atoms with Gasteiger partial charge in [0.1, 0.15) is 12.1 Å². The van der Waals surface area contributed by atoms with E-state index in [0.717, 1.165) is 24.5 Å². The van der Waals surface area contributed by atoms with E-state index in [9.17, 15) is 17.6 Å². The van der Waals surface area contributed by atoms with Crippen molar-refractivity contribution in [2.24, 2.45) is 0 Å². The Balaban J connectivity index is 2.25. The standard InChI is InChI=1S/C11H6F4N2O/c12-9-5-10(17-6-16-9)18-8-3-1-2-7(4-8)11(13,14)15/h1-6H. The number of nitrogens with zero attached hydrogens (tertiary/aromatic N) is 2. The highest BCUT2D eigenvalue weighted by molar-refractivity contribution is 5.32. The molecule has 94 valence electrons. The Kier molecular flexibility index (Phi) is 3.14. The molecule has 0 aliphatic rings. The molecule has 3 nitrogen and oxygen atoms in total. The number of ether oxygens (including phenoxy) is 1. The smallest absolute Gasteiger partial charge is 0.416 e. The van der Waals surface area contributed by atoms with Crippen LogP contribution in [0.15, 0.2) is 36.7 Å². The quantitative estimate of drug-likeness (QED) is 0.611. The van der Waals surface area contributed by atoms with Gasteiger partial charge in [-0.05, 0) is 18.2 Å². The van der Waals surface area contributed by atoms with E-state index in [1.807, 2.05) is 0 Å². The van der Waals surface area contributed by atoms with Gasteiger partial charge in [-0.2, -0.15) is 17.6 Å². The fraction of sp³-hybridized carbons (Fsp3) is 0.0909. The average Bonchev–Trinajstić information content (AvgIpc) is 2.28. The number of rotatable bonds is 2. The van der Waals surface area contributed by atoms with Crippen molar-refractivity contribution >= 4 is 0 Å². The predicted molar refractivity (Wildman–Crippen MR) is 53.5 cm³/mol. The summed E-state index contributed by atoms with van der Waals surface area (Å²) in [6.07, 6.45) is -3.55. The first-order chi connectivity index (χ1) is 8.45. The van der Waals surface area contributed by atoms with Gasteiger partial charge in [-0.25, -0.2) is 9.97 Å². The van der Waals surface area contributed by atoms with Crippen LogP contribution in [0.25, 0.3) is 0 Å². The van der Waals surface area contributed by atoms with Gasteiger partial charge in [-0.3, -0.25) is 0 Å². The zero-order valence-electron chi connectivity index (χ0n) is 8.78. The van der Waals surface area contributed by atoms with Gasteiger partial charge in [0.05, 0.1) is 11.6 Å². The summed E-state index contributed by atoms with van der Waals surface area (Å²) in [6, 6.07) is 5.10. The Labute approximate surface area is 99.1 Å². The van der Waals surface area contributed by atoms with Crippen LogP contribution >= 0.6 is 0 Å². The molecule has 18 heavy (non-hydrogen) atoms. The van der Waals surface area contributed by atoms with Gasteiger partial charge in [-0.1, -0.05) is 6.07 Å². The third-order valence-electron chi connectivity index (χ3n) is 1.99. The Bertz CT molecular complexity index is 557. The lowest BCUT2D eigenvalue weighted by Gasteiger charge is -2.09. The molecule has 1 aromatic carbocycles. The number of alkyl halides is 3. The summed E-state index contributed by atoms with van der Waals surface area (Å²) in [5.41, 5.74) is -0.852. The van der Waals surface area contributed by atoms with Crippen LogP contribution in [-0.2, 0) is 6.18 Å². The van der Waals surface area contributed by atoms with Crippen LogP contribution < -0.4 is 4.74 Å². The van der Waals surface area contributed by atoms with Crippen molar-refractivity contribution in [3.05, 3.63) is 48.2 Å². The molecular weight excluding hydrogens is 252 g/mol. The minimum Gasteiger partial charge on any atom is -0.439 e. The topological polar surface area (TPSA) is 35.0 Å². The Morgan fingerprint density at radius 1 is 1.06 bits per heavy atom. The molecule has 0 atom stereocenters. The first kappa shape index (κ1) is 12.3. The zero-order valence-corrected chi connectivity index (χ0v) is 8.78. The van der Waals surface area contributed by atoms with E-state index >= 15 is 0 Å². The van der Waals surface area contributed by atoms with Crippen molar-refractivity contribution in [2.75, 3.05) is 0 Å². The average molecular weight is 258 g/mol. The van der Waals surface area contributed by atoms with E-state index in [2.05, 4.69) is 9.97 Å². The van der Waals surface area contributed by atoms with Crippen molar-refractivity contribution in [2.45, 2.75) is 6.18 Å². The van der Waals surface area contributed by atoms with Crippen LogP contribution in [0.3, 0.4) is 0 Å². The molecule has 0 saturated heterocycles.